The second-order valence-corrected chi connectivity index (χ2v) is 19.1. The van der Waals surface area contributed by atoms with Crippen molar-refractivity contribution < 1.29 is 90.0 Å². The molecule has 6 aromatic rings. The van der Waals surface area contributed by atoms with Gasteiger partial charge in [-0.1, -0.05) is 24.3 Å². The zero-order valence-electron chi connectivity index (χ0n) is 42.0. The molecule has 0 radical (unpaired) electrons. The first-order chi connectivity index (χ1) is 37.0. The Kier molecular flexibility index (Phi) is 20.0. The van der Waals surface area contributed by atoms with Gasteiger partial charge in [0.2, 0.25) is 0 Å². The average Bonchev–Trinajstić information content (AvgIpc) is 4.14. The predicted octanol–water partition coefficient (Wildman–Crippen LogP) is 0.407. The molecule has 2 aliphatic heterocycles. The van der Waals surface area contributed by atoms with Crippen LogP contribution in [0.5, 0.6) is 0 Å². The van der Waals surface area contributed by atoms with Gasteiger partial charge in [-0.05, 0) is 98.4 Å². The Morgan fingerprint density at radius 3 is 1.10 bits per heavy atom. The molecular formula is C52H62N8O18. The van der Waals surface area contributed by atoms with Gasteiger partial charge in [0.25, 0.3) is 0 Å². The van der Waals surface area contributed by atoms with Crippen LogP contribution in [-0.2, 0) is 41.6 Å². The molecule has 2 fully saturated rings. The molecule has 2 aromatic carbocycles. The molecule has 26 heteroatoms. The third-order valence-electron chi connectivity index (χ3n) is 13.9. The summed E-state index contributed by atoms with van der Waals surface area (Å²) in [5, 5.41) is 108. The van der Waals surface area contributed by atoms with E-state index in [1.165, 1.54) is 56.9 Å². The fraction of sp³-hybridized carbons (Fsp3) is 0.385. The summed E-state index contributed by atoms with van der Waals surface area (Å²) in [4.78, 5) is 79.1. The Balaban J connectivity index is 0.000000170. The largest absolute Gasteiger partial charge is 0.479 e. The van der Waals surface area contributed by atoms with Gasteiger partial charge >= 0.3 is 35.8 Å². The summed E-state index contributed by atoms with van der Waals surface area (Å²) in [6.07, 6.45) is 2.94. The third-order valence-corrected chi connectivity index (χ3v) is 13.9. The first kappa shape index (κ1) is 59.2. The first-order valence-corrected chi connectivity index (χ1v) is 24.3. The van der Waals surface area contributed by atoms with E-state index in [0.29, 0.717) is 36.0 Å². The molecule has 0 spiro atoms. The van der Waals surface area contributed by atoms with Crippen LogP contribution in [0.2, 0.25) is 0 Å². The maximum absolute atomic E-state index is 9.77. The molecule has 2 aliphatic carbocycles. The molecule has 418 valence electrons. The van der Waals surface area contributed by atoms with Crippen molar-refractivity contribution in [3.05, 3.63) is 120 Å². The number of H-pyrrole nitrogens is 2. The number of carbonyl (C=O) groups is 6. The summed E-state index contributed by atoms with van der Waals surface area (Å²) in [7, 11) is 4.54. The molecule has 10 unspecified atom stereocenters. The lowest BCUT2D eigenvalue weighted by Gasteiger charge is -2.45. The normalized spacial score (nSPS) is 22.3. The summed E-state index contributed by atoms with van der Waals surface area (Å²) in [6, 6.07) is 23.7. The number of aliphatic hydroxyl groups is 6. The van der Waals surface area contributed by atoms with Crippen LogP contribution in [-0.4, -0.2) is 215 Å². The lowest BCUT2D eigenvalue weighted by atomic mass is 9.74. The molecule has 0 bridgehead atoms. The van der Waals surface area contributed by atoms with Crippen LogP contribution in [0, 0.1) is 0 Å². The van der Waals surface area contributed by atoms with Gasteiger partial charge in [0.1, 0.15) is 0 Å². The lowest BCUT2D eigenvalue weighted by molar-refractivity contribution is -0.165. The van der Waals surface area contributed by atoms with E-state index in [-0.39, 0.29) is 0 Å². The number of nitrogens with zero attached hydrogens (tertiary/aromatic N) is 4. The Labute approximate surface area is 443 Å². The smallest absolute Gasteiger partial charge is 0.335 e. The minimum absolute atomic E-state index is 0.455. The summed E-state index contributed by atoms with van der Waals surface area (Å²) < 4.78 is 0. The van der Waals surface area contributed by atoms with Gasteiger partial charge in [-0.15, -0.1) is 0 Å². The van der Waals surface area contributed by atoms with E-state index in [4.69, 9.17) is 61.3 Å². The van der Waals surface area contributed by atoms with E-state index in [0.717, 1.165) is 37.3 Å². The number of hydrogen-bond donors (Lipinski definition) is 16. The van der Waals surface area contributed by atoms with E-state index in [2.05, 4.69) is 115 Å². The van der Waals surface area contributed by atoms with E-state index in [1.807, 2.05) is 36.9 Å². The number of aliphatic hydroxyl groups excluding tert-OH is 6. The molecule has 6 heterocycles. The second-order valence-electron chi connectivity index (χ2n) is 19.1. The van der Waals surface area contributed by atoms with Crippen LogP contribution in [0.15, 0.2) is 97.8 Å². The van der Waals surface area contributed by atoms with Crippen molar-refractivity contribution in [1.29, 1.82) is 0 Å². The van der Waals surface area contributed by atoms with Crippen molar-refractivity contribution in [1.82, 2.24) is 29.7 Å². The SMILES string of the molecule is CN1CC(Nc2cccnc2)CC2c3cccc4[nH]cc(c34)C[C@H]21.CN1CC(Nc2cccnc2)CC2c3cccc4[nH]cc(c34)C[C@H]21.O=C(O)C(O)C(O)C(=O)O.O=C(O)C(O)C(O)C(=O)O.O=C(O)C(O)C(O)C(=O)O. The highest BCUT2D eigenvalue weighted by atomic mass is 16.5. The number of likely N-dealkylation sites (N-methyl/N-ethyl adjacent to an activating group) is 2. The lowest BCUT2D eigenvalue weighted by Crippen LogP contribution is -2.51. The number of carboxylic acids is 6. The van der Waals surface area contributed by atoms with Gasteiger partial charge in [-0.25, -0.2) is 28.8 Å². The third kappa shape index (κ3) is 14.3. The van der Waals surface area contributed by atoms with Crippen LogP contribution in [0.1, 0.15) is 46.9 Å². The average molecular weight is 1090 g/mol. The fourth-order valence-corrected chi connectivity index (χ4v) is 10.3. The molecular weight excluding hydrogens is 1020 g/mol. The van der Waals surface area contributed by atoms with Crippen LogP contribution in [0.4, 0.5) is 11.4 Å². The Hall–Kier alpha value is -8.08. The molecule has 16 N–H and O–H groups in total. The molecule has 0 saturated carbocycles. The van der Waals surface area contributed by atoms with Gasteiger partial charge in [-0.2, -0.15) is 0 Å². The number of benzene rings is 2. The number of aliphatic carboxylic acids is 6. The first-order valence-electron chi connectivity index (χ1n) is 24.3. The highest BCUT2D eigenvalue weighted by molar-refractivity contribution is 5.90. The van der Waals surface area contributed by atoms with Gasteiger partial charge in [0.15, 0.2) is 36.6 Å². The number of aromatic amines is 2. The van der Waals surface area contributed by atoms with E-state index >= 15 is 0 Å². The minimum atomic E-state index is -2.27. The number of hydrogen-bond acceptors (Lipinski definition) is 18. The predicted molar refractivity (Wildman–Crippen MR) is 277 cm³/mol. The highest BCUT2D eigenvalue weighted by Crippen LogP contribution is 2.45. The molecule has 0 amide bonds. The summed E-state index contributed by atoms with van der Waals surface area (Å²) in [5.74, 6) is -9.44. The highest BCUT2D eigenvalue weighted by Gasteiger charge is 2.41. The number of rotatable bonds is 13. The Bertz CT molecular complexity index is 2750. The number of anilines is 2. The maximum Gasteiger partial charge on any atom is 0.335 e. The van der Waals surface area contributed by atoms with Crippen molar-refractivity contribution in [2.75, 3.05) is 37.8 Å². The number of carboxylic acid groups (broad SMARTS) is 6. The number of likely N-dealkylation sites (tertiary alicyclic amines) is 2. The molecule has 12 atom stereocenters. The summed E-state index contributed by atoms with van der Waals surface area (Å²) in [5.41, 5.74) is 10.8. The Morgan fingerprint density at radius 2 is 0.821 bits per heavy atom. The minimum Gasteiger partial charge on any atom is -0.479 e. The van der Waals surface area contributed by atoms with E-state index < -0.39 is 72.4 Å². The van der Waals surface area contributed by atoms with Gasteiger partial charge in [0.05, 0.1) is 11.4 Å². The van der Waals surface area contributed by atoms with Crippen LogP contribution in [0.3, 0.4) is 0 Å². The standard InChI is InChI=1S/2C20H22N4.3C4H6O6/c2*1-24-12-15(23-14-4-3-7-21-11-14)9-17-16-5-2-6-18-20(16)13(10-22-18)8-19(17)24;3*5-1(3(7)8)2(6)4(9)10/h2*2-7,10-11,15,17,19,22-23H,8-9,12H2,1H3;3*1-2,5-6H,(H,7,8)(H,9,10)/t2*15?,17?,19-;;;/m11.../s1. The van der Waals surface area contributed by atoms with E-state index in [9.17, 15) is 28.8 Å². The molecule has 4 aromatic heterocycles. The molecule has 2 saturated heterocycles. The van der Waals surface area contributed by atoms with Crippen molar-refractivity contribution in [2.45, 2.75) is 98.3 Å². The summed E-state index contributed by atoms with van der Waals surface area (Å²) >= 11 is 0. The molecule has 78 heavy (non-hydrogen) atoms. The second kappa shape index (κ2) is 26.3. The van der Waals surface area contributed by atoms with Crippen molar-refractivity contribution in [3.63, 3.8) is 0 Å². The summed E-state index contributed by atoms with van der Waals surface area (Å²) in [6.45, 7) is 2.15. The number of aromatic nitrogens is 4. The number of pyridine rings is 2. The van der Waals surface area contributed by atoms with Crippen LogP contribution in [0.25, 0.3) is 21.8 Å². The number of fused-ring (bicyclic) bond motifs is 4. The van der Waals surface area contributed by atoms with Gasteiger partial charge < -0.3 is 91.7 Å². The molecule has 4 aliphatic rings. The zero-order chi connectivity index (χ0) is 57.1. The molecule has 26 nitrogen and oxygen atoms in total. The number of piperidine rings is 2. The van der Waals surface area contributed by atoms with E-state index in [1.54, 1.807) is 0 Å². The fourth-order valence-electron chi connectivity index (χ4n) is 10.3. The van der Waals surface area contributed by atoms with Crippen molar-refractivity contribution in [3.8, 4) is 0 Å². The topological polar surface area (TPSA) is 433 Å². The molecule has 10 rings (SSSR count). The maximum atomic E-state index is 9.77. The monoisotopic (exact) mass is 1090 g/mol. The van der Waals surface area contributed by atoms with Crippen molar-refractivity contribution in [2.24, 2.45) is 0 Å². The zero-order valence-corrected chi connectivity index (χ0v) is 42.0. The Morgan fingerprint density at radius 1 is 0.500 bits per heavy atom. The van der Waals surface area contributed by atoms with Crippen LogP contribution >= 0.6 is 0 Å². The van der Waals surface area contributed by atoms with Gasteiger partial charge in [0, 0.05) is 108 Å². The quantitative estimate of drug-likeness (QED) is 0.0744. The van der Waals surface area contributed by atoms with Crippen molar-refractivity contribution >= 4 is 69.0 Å². The number of nitrogens with one attached hydrogen (secondary N) is 4. The van der Waals surface area contributed by atoms with Crippen LogP contribution < -0.4 is 10.6 Å². The van der Waals surface area contributed by atoms with Gasteiger partial charge in [-0.3, -0.25) is 9.97 Å².